The van der Waals surface area contributed by atoms with Crippen LogP contribution >= 0.6 is 34.8 Å². The largest absolute Gasteiger partial charge is 0.484 e. The van der Waals surface area contributed by atoms with E-state index >= 15 is 0 Å². The number of nitrogens with zero attached hydrogens (tertiary/aromatic N) is 6. The Morgan fingerprint density at radius 1 is 0.688 bits per heavy atom. The quantitative estimate of drug-likeness (QED) is 0.0579. The predicted molar refractivity (Wildman–Crippen MR) is 203 cm³/mol. The van der Waals surface area contributed by atoms with Crippen molar-refractivity contribution in [1.82, 2.24) is 29.9 Å². The molecule has 3 rings (SSSR count). The molecule has 0 fully saturated rings. The molecule has 33 heteroatoms. The Balaban J connectivity index is -0.000000343. The Bertz CT molecular complexity index is 1690. The number of aryl methyl sites for hydroxylation is 1. The van der Waals surface area contributed by atoms with Gasteiger partial charge in [0, 0.05) is 7.11 Å². The molecule has 3 heterocycles. The third kappa shape index (κ3) is 34.1. The van der Waals surface area contributed by atoms with E-state index in [-0.39, 0.29) is 21.5 Å². The van der Waals surface area contributed by atoms with Crippen molar-refractivity contribution in [2.45, 2.75) is 103 Å². The van der Waals surface area contributed by atoms with E-state index in [2.05, 4.69) is 44.0 Å². The minimum absolute atomic E-state index is 0.0543. The molecule has 0 amide bonds. The molecule has 1 radical (unpaired) electrons. The summed E-state index contributed by atoms with van der Waals surface area (Å²) in [6, 6.07) is -1.36. The van der Waals surface area contributed by atoms with Crippen LogP contribution in [0.4, 0.5) is 52.7 Å². The van der Waals surface area contributed by atoms with E-state index in [4.69, 9.17) is 66.6 Å². The van der Waals surface area contributed by atoms with Gasteiger partial charge >= 0.3 is 38.2 Å². The Morgan fingerprint density at radius 2 is 1.00 bits per heavy atom. The fourth-order valence-electron chi connectivity index (χ4n) is 2.08. The van der Waals surface area contributed by atoms with E-state index in [0.29, 0.717) is 33.6 Å². The topological polar surface area (TPSA) is 272 Å². The summed E-state index contributed by atoms with van der Waals surface area (Å²) >= 11 is 15.7. The number of aliphatic carboxylic acids is 2. The van der Waals surface area contributed by atoms with E-state index in [0.717, 1.165) is 26.2 Å². The van der Waals surface area contributed by atoms with Crippen molar-refractivity contribution >= 4 is 54.4 Å². The number of rotatable bonds is 9. The highest BCUT2D eigenvalue weighted by Crippen LogP contribution is 2.26. The molecule has 0 aliphatic heterocycles. The fourth-order valence-corrected chi connectivity index (χ4v) is 2.51. The molecular weight excluding hydrogens is 974 g/mol. The lowest BCUT2D eigenvalue weighted by Crippen LogP contribution is -2.31. The normalized spacial score (nSPS) is 13.0. The summed E-state index contributed by atoms with van der Waals surface area (Å²) in [5, 5.41) is 30.7. The first kappa shape index (κ1) is 66.3. The van der Waals surface area contributed by atoms with Crippen LogP contribution < -0.4 is 20.9 Å². The van der Waals surface area contributed by atoms with Gasteiger partial charge in [-0.15, -0.1) is 0 Å². The molecule has 0 aromatic carbocycles. The van der Waals surface area contributed by atoms with Crippen molar-refractivity contribution in [1.29, 1.82) is 0 Å². The van der Waals surface area contributed by atoms with Gasteiger partial charge in [0.05, 0.1) is 18.6 Å². The number of ether oxygens (including phenoxy) is 2. The molecule has 0 saturated carbocycles. The van der Waals surface area contributed by atoms with Crippen LogP contribution in [0.2, 0.25) is 15.7 Å². The lowest BCUT2D eigenvalue weighted by atomic mass is 10.2. The van der Waals surface area contributed by atoms with Gasteiger partial charge in [0.25, 0.3) is 11.8 Å². The minimum atomic E-state index is -4.59. The smallest absolute Gasteiger partial charge is 0.480 e. The number of alkyl halides is 9. The maximum atomic E-state index is 12.9. The lowest BCUT2D eigenvalue weighted by Gasteiger charge is -2.16. The van der Waals surface area contributed by atoms with E-state index in [1.165, 1.54) is 14.0 Å². The zero-order valence-electron chi connectivity index (χ0n) is 33.9. The highest BCUT2D eigenvalue weighted by molar-refractivity contribution is 6.31. The van der Waals surface area contributed by atoms with E-state index < -0.39 is 90.1 Å². The highest BCUT2D eigenvalue weighted by Gasteiger charge is 2.40. The van der Waals surface area contributed by atoms with Gasteiger partial charge in [-0.25, -0.2) is 24.3 Å². The number of hydrogen-bond acceptors (Lipinski definition) is 15. The highest BCUT2D eigenvalue weighted by atomic mass is 35.5. The van der Waals surface area contributed by atoms with Crippen LogP contribution in [-0.2, 0) is 14.2 Å². The molecular formula is C31H41BCl3F12N8O9. The van der Waals surface area contributed by atoms with Crippen molar-refractivity contribution in [3.8, 4) is 11.8 Å². The monoisotopic (exact) mass is 1010 g/mol. The molecule has 64 heavy (non-hydrogen) atoms. The number of carboxylic acids is 2. The second-order valence-electron chi connectivity index (χ2n) is 11.0. The van der Waals surface area contributed by atoms with Crippen LogP contribution in [0, 0.1) is 24.4 Å². The molecule has 3 aromatic rings. The van der Waals surface area contributed by atoms with Crippen LogP contribution in [-0.4, -0.2) is 126 Å². The zero-order chi connectivity index (χ0) is 51.3. The van der Waals surface area contributed by atoms with Gasteiger partial charge in [-0.05, 0) is 63.7 Å². The van der Waals surface area contributed by atoms with Crippen LogP contribution in [0.3, 0.4) is 0 Å². The Kier molecular flexibility index (Phi) is 34.4. The molecule has 0 spiro atoms. The molecule has 5 atom stereocenters. The number of aromatic nitrogens is 6. The van der Waals surface area contributed by atoms with Gasteiger partial charge in [-0.1, -0.05) is 25.4 Å². The summed E-state index contributed by atoms with van der Waals surface area (Å²) in [5.41, 5.74) is 10.0. The van der Waals surface area contributed by atoms with Crippen LogP contribution in [0.15, 0.2) is 18.6 Å². The standard InChI is InChI=1S/C8H8F4N2O.C7H5ClF4N2O.C4HCl2FN2.2C4H9NO2.C3H5F3O.CH4BO2/c1-4(8(10,11)12)15-7-6(9)3-13-5(2)14-7;1-3(7(10,11)12)15-5-4(9)2-13-6(8)14-5;5-3-2(7)1-8-4(6)9-3;2*1-2-3(5)4(6)7;1-2(7)3(4,5)6;1-4-2-3/h3-4H,1-2H3;2-3H,1H3;1H;2*3H,2,5H2,1H3,(H,6,7);2,7H,1H3;3H,1H3/t;;;2*3-;;/m...00../s1. The molecule has 3 unspecified atom stereocenters. The van der Waals surface area contributed by atoms with Gasteiger partial charge in [0.2, 0.25) is 22.2 Å². The molecule has 3 aromatic heterocycles. The first-order chi connectivity index (χ1) is 29.0. The Morgan fingerprint density at radius 3 is 1.25 bits per heavy atom. The molecule has 17 nitrogen and oxygen atoms in total. The second-order valence-corrected chi connectivity index (χ2v) is 12.0. The maximum absolute atomic E-state index is 12.9. The summed E-state index contributed by atoms with van der Waals surface area (Å²) in [6.07, 6.45) is -16.8. The average Bonchev–Trinajstić information content (AvgIpc) is 3.18. The van der Waals surface area contributed by atoms with Gasteiger partial charge in [-0.2, -0.15) is 58.3 Å². The summed E-state index contributed by atoms with van der Waals surface area (Å²) in [4.78, 5) is 39.6. The van der Waals surface area contributed by atoms with E-state index in [1.54, 1.807) is 13.8 Å². The third-order valence-corrected chi connectivity index (χ3v) is 6.41. The molecule has 0 saturated heterocycles. The SMILES string of the molecule is CC(O)C(F)(F)F.CC(Oc1nc(Cl)ncc1F)C(F)(F)F.CC[C@H](N)C(=O)O.CC[C@H](N)C(=O)O.CO[B]O.Cc1ncc(F)c(OC(C)C(F)(F)F)n1.Fc1cnc(Cl)nc1Cl. The van der Waals surface area contributed by atoms with Crippen molar-refractivity contribution in [2.75, 3.05) is 7.11 Å². The minimum Gasteiger partial charge on any atom is -0.480 e. The zero-order valence-corrected chi connectivity index (χ0v) is 36.2. The molecule has 0 aliphatic carbocycles. The van der Waals surface area contributed by atoms with Crippen molar-refractivity contribution in [3.05, 3.63) is 57.6 Å². The van der Waals surface area contributed by atoms with Gasteiger partial charge < -0.3 is 45.9 Å². The lowest BCUT2D eigenvalue weighted by molar-refractivity contribution is -0.197. The van der Waals surface area contributed by atoms with Gasteiger partial charge in [0.15, 0.2) is 23.2 Å². The third-order valence-electron chi connectivity index (χ3n) is 5.78. The fraction of sp³-hybridized carbons (Fsp3) is 0.548. The van der Waals surface area contributed by atoms with Gasteiger partial charge in [-0.3, -0.25) is 9.59 Å². The maximum Gasteiger partial charge on any atom is 0.484 e. The number of carboxylic acid groups (broad SMARTS) is 2. The summed E-state index contributed by atoms with van der Waals surface area (Å²) < 4.78 is 156. The number of carbonyl (C=O) groups is 2. The molecule has 0 bridgehead atoms. The van der Waals surface area contributed by atoms with Crippen LogP contribution in [0.25, 0.3) is 0 Å². The molecule has 0 aliphatic rings. The van der Waals surface area contributed by atoms with Crippen LogP contribution in [0.5, 0.6) is 11.8 Å². The number of aliphatic hydroxyl groups excluding tert-OH is 1. The number of hydrogen-bond donors (Lipinski definition) is 6. The number of halogens is 15. The van der Waals surface area contributed by atoms with Crippen LogP contribution in [0.1, 0.15) is 53.3 Å². The first-order valence-corrected chi connectivity index (χ1v) is 17.8. The number of nitrogens with two attached hydrogens (primary N) is 2. The molecule has 367 valence electrons. The Hall–Kier alpha value is -4.33. The second kappa shape index (κ2) is 33.2. The molecule has 8 N–H and O–H groups in total. The predicted octanol–water partition coefficient (Wildman–Crippen LogP) is 6.48. The Labute approximate surface area is 371 Å². The summed E-state index contributed by atoms with van der Waals surface area (Å²) in [5.74, 6) is -6.01. The van der Waals surface area contributed by atoms with E-state index in [9.17, 15) is 62.3 Å². The van der Waals surface area contributed by atoms with Gasteiger partial charge in [0.1, 0.15) is 24.0 Å². The first-order valence-electron chi connectivity index (χ1n) is 16.7. The van der Waals surface area contributed by atoms with Crippen molar-refractivity contribution in [3.63, 3.8) is 0 Å². The average molecular weight is 1010 g/mol. The number of aliphatic hydroxyl groups is 1. The van der Waals surface area contributed by atoms with E-state index in [1.807, 2.05) is 0 Å². The summed E-state index contributed by atoms with van der Waals surface area (Å²) in [7, 11) is 2.00. The van der Waals surface area contributed by atoms with Crippen molar-refractivity contribution < 1.29 is 96.7 Å². The van der Waals surface area contributed by atoms with Crippen molar-refractivity contribution in [2.24, 2.45) is 11.5 Å². The summed E-state index contributed by atoms with van der Waals surface area (Å²) in [6.45, 7) is 7.08.